The number of likely N-dealkylation sites (N-methyl/N-ethyl adjacent to an activating group) is 1. The standard InChI is InChI=1S/C10H18N6O2/c1-6(2)8(14-10(11)18)9(17)16(3)4-7-12-5-13-15-7/h5-6,8H,4H2,1-3H3,(H3,11,14,18)(H,12,13,15). The van der Waals surface area contributed by atoms with Gasteiger partial charge in [-0.25, -0.2) is 9.78 Å². The zero-order valence-electron chi connectivity index (χ0n) is 10.7. The first-order valence-corrected chi connectivity index (χ1v) is 5.57. The molecule has 0 saturated carbocycles. The lowest BCUT2D eigenvalue weighted by Crippen LogP contribution is -2.51. The van der Waals surface area contributed by atoms with Gasteiger partial charge in [-0.3, -0.25) is 9.89 Å². The van der Waals surface area contributed by atoms with Gasteiger partial charge in [0.15, 0.2) is 0 Å². The predicted molar refractivity (Wildman–Crippen MR) is 64.2 cm³/mol. The molecule has 0 saturated heterocycles. The molecule has 0 bridgehead atoms. The minimum absolute atomic E-state index is 0.0535. The smallest absolute Gasteiger partial charge is 0.312 e. The van der Waals surface area contributed by atoms with Crippen molar-refractivity contribution in [3.63, 3.8) is 0 Å². The lowest BCUT2D eigenvalue weighted by atomic mass is 10.0. The van der Waals surface area contributed by atoms with Crippen LogP contribution in [0.2, 0.25) is 0 Å². The first-order valence-electron chi connectivity index (χ1n) is 5.57. The summed E-state index contributed by atoms with van der Waals surface area (Å²) in [5.74, 6) is 0.301. The second-order valence-electron chi connectivity index (χ2n) is 4.36. The van der Waals surface area contributed by atoms with Gasteiger partial charge in [0.1, 0.15) is 18.2 Å². The second-order valence-corrected chi connectivity index (χ2v) is 4.36. The van der Waals surface area contributed by atoms with Crippen molar-refractivity contribution in [2.75, 3.05) is 7.05 Å². The van der Waals surface area contributed by atoms with Crippen LogP contribution >= 0.6 is 0 Å². The van der Waals surface area contributed by atoms with Crippen LogP contribution in [0.5, 0.6) is 0 Å². The second kappa shape index (κ2) is 5.99. The minimum atomic E-state index is -0.713. The van der Waals surface area contributed by atoms with E-state index in [0.29, 0.717) is 12.4 Å². The van der Waals surface area contributed by atoms with E-state index in [4.69, 9.17) is 5.73 Å². The fraction of sp³-hybridized carbons (Fsp3) is 0.600. The van der Waals surface area contributed by atoms with Gasteiger partial charge in [0.25, 0.3) is 0 Å². The Morgan fingerprint density at radius 2 is 2.22 bits per heavy atom. The molecule has 1 rings (SSSR count). The van der Waals surface area contributed by atoms with Gasteiger partial charge in [0.05, 0.1) is 6.54 Å². The van der Waals surface area contributed by atoms with Gasteiger partial charge in [-0.05, 0) is 5.92 Å². The normalized spacial score (nSPS) is 12.2. The van der Waals surface area contributed by atoms with E-state index in [1.807, 2.05) is 13.8 Å². The SMILES string of the molecule is CC(C)C(NC(N)=O)C(=O)N(C)Cc1ncn[nH]1. The number of nitrogens with one attached hydrogen (secondary N) is 2. The van der Waals surface area contributed by atoms with Crippen molar-refractivity contribution in [1.29, 1.82) is 0 Å². The van der Waals surface area contributed by atoms with E-state index in [1.165, 1.54) is 11.2 Å². The Morgan fingerprint density at radius 3 is 2.67 bits per heavy atom. The van der Waals surface area contributed by atoms with Crippen LogP contribution in [0, 0.1) is 5.92 Å². The van der Waals surface area contributed by atoms with Crippen LogP contribution in [0.4, 0.5) is 4.79 Å². The average Bonchev–Trinajstić information content (AvgIpc) is 2.77. The van der Waals surface area contributed by atoms with Crippen LogP contribution in [0.1, 0.15) is 19.7 Å². The Balaban J connectivity index is 2.67. The summed E-state index contributed by atoms with van der Waals surface area (Å²) in [7, 11) is 1.63. The summed E-state index contributed by atoms with van der Waals surface area (Å²) in [5, 5.41) is 8.80. The molecule has 1 aromatic heterocycles. The summed E-state index contributed by atoms with van der Waals surface area (Å²) < 4.78 is 0. The van der Waals surface area contributed by atoms with Crippen molar-refractivity contribution in [2.24, 2.45) is 11.7 Å². The van der Waals surface area contributed by atoms with E-state index >= 15 is 0 Å². The third kappa shape index (κ3) is 3.72. The van der Waals surface area contributed by atoms with Gasteiger partial charge in [-0.1, -0.05) is 13.8 Å². The molecule has 100 valence electrons. The average molecular weight is 254 g/mol. The number of hydrogen-bond acceptors (Lipinski definition) is 4. The molecular weight excluding hydrogens is 236 g/mol. The highest BCUT2D eigenvalue weighted by atomic mass is 16.2. The molecule has 0 aromatic carbocycles. The van der Waals surface area contributed by atoms with E-state index in [-0.39, 0.29) is 11.8 Å². The summed E-state index contributed by atoms with van der Waals surface area (Å²) in [4.78, 5) is 28.4. The number of H-pyrrole nitrogens is 1. The molecule has 8 nitrogen and oxygen atoms in total. The Hall–Kier alpha value is -2.12. The highest BCUT2D eigenvalue weighted by Crippen LogP contribution is 2.06. The number of nitrogens with zero attached hydrogens (tertiary/aromatic N) is 3. The van der Waals surface area contributed by atoms with Crippen LogP contribution in [-0.2, 0) is 11.3 Å². The van der Waals surface area contributed by atoms with E-state index in [2.05, 4.69) is 20.5 Å². The Morgan fingerprint density at radius 1 is 1.56 bits per heavy atom. The van der Waals surface area contributed by atoms with Gasteiger partial charge in [-0.2, -0.15) is 5.10 Å². The lowest BCUT2D eigenvalue weighted by Gasteiger charge is -2.25. The van der Waals surface area contributed by atoms with Gasteiger partial charge < -0.3 is 16.0 Å². The zero-order valence-corrected chi connectivity index (χ0v) is 10.7. The van der Waals surface area contributed by atoms with E-state index in [1.54, 1.807) is 7.05 Å². The predicted octanol–water partition coefficient (Wildman–Crippen LogP) is -0.544. The highest BCUT2D eigenvalue weighted by Gasteiger charge is 2.26. The molecule has 0 radical (unpaired) electrons. The van der Waals surface area contributed by atoms with Crippen LogP contribution < -0.4 is 11.1 Å². The van der Waals surface area contributed by atoms with E-state index in [0.717, 1.165) is 0 Å². The molecule has 1 unspecified atom stereocenters. The third-order valence-electron chi connectivity index (χ3n) is 2.46. The Kier molecular flexibility index (Phi) is 4.64. The molecule has 1 heterocycles. The quantitative estimate of drug-likeness (QED) is 0.653. The maximum absolute atomic E-state index is 12.1. The van der Waals surface area contributed by atoms with Crippen molar-refractivity contribution in [1.82, 2.24) is 25.4 Å². The number of hydrogen-bond donors (Lipinski definition) is 3. The highest BCUT2D eigenvalue weighted by molar-refractivity contribution is 5.86. The molecule has 18 heavy (non-hydrogen) atoms. The van der Waals surface area contributed by atoms with Crippen LogP contribution in [0.15, 0.2) is 6.33 Å². The molecule has 0 spiro atoms. The van der Waals surface area contributed by atoms with Crippen molar-refractivity contribution in [2.45, 2.75) is 26.4 Å². The first-order chi connectivity index (χ1) is 8.41. The molecule has 4 N–H and O–H groups in total. The molecule has 8 heteroatoms. The molecule has 1 atom stereocenters. The lowest BCUT2D eigenvalue weighted by molar-refractivity contribution is -0.133. The van der Waals surface area contributed by atoms with Crippen LogP contribution in [-0.4, -0.2) is 45.1 Å². The van der Waals surface area contributed by atoms with Gasteiger partial charge >= 0.3 is 6.03 Å². The van der Waals surface area contributed by atoms with Gasteiger partial charge in [0.2, 0.25) is 5.91 Å². The van der Waals surface area contributed by atoms with Crippen molar-refractivity contribution in [3.05, 3.63) is 12.2 Å². The molecular formula is C10H18N6O2. The number of aromatic nitrogens is 3. The van der Waals surface area contributed by atoms with E-state index in [9.17, 15) is 9.59 Å². The van der Waals surface area contributed by atoms with Crippen molar-refractivity contribution < 1.29 is 9.59 Å². The molecule has 0 aliphatic carbocycles. The largest absolute Gasteiger partial charge is 0.352 e. The monoisotopic (exact) mass is 254 g/mol. The fourth-order valence-corrected chi connectivity index (χ4v) is 1.51. The van der Waals surface area contributed by atoms with Crippen molar-refractivity contribution in [3.8, 4) is 0 Å². The number of carbonyl (C=O) groups is 2. The molecule has 1 aromatic rings. The first kappa shape index (κ1) is 13.9. The molecule has 0 fully saturated rings. The number of amides is 3. The van der Waals surface area contributed by atoms with Crippen LogP contribution in [0.3, 0.4) is 0 Å². The fourth-order valence-electron chi connectivity index (χ4n) is 1.51. The maximum atomic E-state index is 12.1. The summed E-state index contributed by atoms with van der Waals surface area (Å²) in [6.45, 7) is 3.96. The van der Waals surface area contributed by atoms with Gasteiger partial charge in [0, 0.05) is 7.05 Å². The molecule has 3 amide bonds. The number of primary amides is 1. The number of nitrogens with two attached hydrogens (primary N) is 1. The third-order valence-corrected chi connectivity index (χ3v) is 2.46. The van der Waals surface area contributed by atoms with Crippen LogP contribution in [0.25, 0.3) is 0 Å². The summed E-state index contributed by atoms with van der Waals surface area (Å²) in [5.41, 5.74) is 5.06. The summed E-state index contributed by atoms with van der Waals surface area (Å²) in [6, 6.07) is -1.36. The maximum Gasteiger partial charge on any atom is 0.312 e. The zero-order chi connectivity index (χ0) is 13.7. The molecule has 0 aliphatic heterocycles. The Labute approximate surface area is 105 Å². The number of rotatable bonds is 5. The van der Waals surface area contributed by atoms with Gasteiger partial charge in [-0.15, -0.1) is 0 Å². The number of carbonyl (C=O) groups excluding carboxylic acids is 2. The summed E-state index contributed by atoms with van der Waals surface area (Å²) >= 11 is 0. The topological polar surface area (TPSA) is 117 Å². The minimum Gasteiger partial charge on any atom is -0.352 e. The van der Waals surface area contributed by atoms with E-state index < -0.39 is 12.1 Å². The number of aromatic amines is 1. The Bertz CT molecular complexity index is 403. The molecule has 0 aliphatic rings. The number of urea groups is 1. The summed E-state index contributed by atoms with van der Waals surface area (Å²) in [6.07, 6.45) is 1.37. The van der Waals surface area contributed by atoms with Crippen molar-refractivity contribution >= 4 is 11.9 Å².